The molecule has 0 bridgehead atoms. The molecule has 1 aromatic heterocycles. The largest absolute Gasteiger partial charge is 0.465 e. The summed E-state index contributed by atoms with van der Waals surface area (Å²) in [5, 5.41) is 6.56. The van der Waals surface area contributed by atoms with Gasteiger partial charge in [-0.05, 0) is 37.1 Å². The minimum atomic E-state index is -0.361. The molecule has 120 valence electrons. The lowest BCUT2D eigenvalue weighted by Gasteiger charge is -2.13. The predicted molar refractivity (Wildman–Crippen MR) is 89.0 cm³/mol. The molecular formula is C17H20N4O2. The van der Waals surface area contributed by atoms with E-state index in [0.717, 1.165) is 5.69 Å². The van der Waals surface area contributed by atoms with Crippen molar-refractivity contribution in [3.63, 3.8) is 0 Å². The van der Waals surface area contributed by atoms with Gasteiger partial charge in [0.2, 0.25) is 5.95 Å². The molecule has 2 aromatic rings. The van der Waals surface area contributed by atoms with Crippen molar-refractivity contribution in [2.45, 2.75) is 31.7 Å². The number of hydrogen-bond donors (Lipinski definition) is 2. The molecule has 0 unspecified atom stereocenters. The quantitative estimate of drug-likeness (QED) is 0.825. The molecule has 6 heteroatoms. The first-order chi connectivity index (χ1) is 11.2. The Bertz CT molecular complexity index is 684. The first kappa shape index (κ1) is 15.3. The predicted octanol–water partition coefficient (Wildman–Crippen LogP) is 3.36. The number of methoxy groups -OCH3 is 1. The number of anilines is 3. The van der Waals surface area contributed by atoms with Gasteiger partial charge < -0.3 is 15.4 Å². The van der Waals surface area contributed by atoms with Crippen LogP contribution in [0.3, 0.4) is 0 Å². The van der Waals surface area contributed by atoms with Crippen molar-refractivity contribution in [3.8, 4) is 0 Å². The van der Waals surface area contributed by atoms with Crippen molar-refractivity contribution in [2.75, 3.05) is 17.7 Å². The van der Waals surface area contributed by atoms with Gasteiger partial charge in [-0.25, -0.2) is 9.78 Å². The van der Waals surface area contributed by atoms with Crippen LogP contribution in [0, 0.1) is 0 Å². The van der Waals surface area contributed by atoms with Crippen LogP contribution in [0.4, 0.5) is 17.5 Å². The maximum atomic E-state index is 11.6. The average molecular weight is 312 g/mol. The standard InChI is InChI=1S/C17H20N4O2/c1-23-16(22)12-5-4-8-14(11-12)19-15-9-10-18-17(21-15)20-13-6-2-3-7-13/h4-5,8-11,13H,2-3,6-7H2,1H3,(H2,18,19,20,21). The fourth-order valence-corrected chi connectivity index (χ4v) is 2.74. The Hall–Kier alpha value is -2.63. The summed E-state index contributed by atoms with van der Waals surface area (Å²) in [5.74, 6) is 0.952. The summed E-state index contributed by atoms with van der Waals surface area (Å²) in [7, 11) is 1.37. The van der Waals surface area contributed by atoms with Crippen molar-refractivity contribution in [2.24, 2.45) is 0 Å². The van der Waals surface area contributed by atoms with E-state index in [4.69, 9.17) is 4.74 Å². The van der Waals surface area contributed by atoms with Crippen molar-refractivity contribution in [3.05, 3.63) is 42.1 Å². The summed E-state index contributed by atoms with van der Waals surface area (Å²) >= 11 is 0. The highest BCUT2D eigenvalue weighted by atomic mass is 16.5. The highest BCUT2D eigenvalue weighted by Crippen LogP contribution is 2.22. The number of hydrogen-bond acceptors (Lipinski definition) is 6. The highest BCUT2D eigenvalue weighted by molar-refractivity contribution is 5.90. The molecule has 0 amide bonds. The summed E-state index contributed by atoms with van der Waals surface area (Å²) in [5.41, 5.74) is 1.27. The van der Waals surface area contributed by atoms with Gasteiger partial charge in [0.15, 0.2) is 0 Å². The van der Waals surface area contributed by atoms with Crippen molar-refractivity contribution in [1.82, 2.24) is 9.97 Å². The molecule has 1 aliphatic carbocycles. The molecule has 0 aliphatic heterocycles. The first-order valence-electron chi connectivity index (χ1n) is 7.79. The molecule has 1 aliphatic rings. The second-order valence-electron chi connectivity index (χ2n) is 5.59. The van der Waals surface area contributed by atoms with E-state index < -0.39 is 0 Å². The summed E-state index contributed by atoms with van der Waals surface area (Å²) in [6.45, 7) is 0. The number of benzene rings is 1. The number of nitrogens with zero attached hydrogens (tertiary/aromatic N) is 2. The second-order valence-corrected chi connectivity index (χ2v) is 5.59. The van der Waals surface area contributed by atoms with E-state index >= 15 is 0 Å². The van der Waals surface area contributed by atoms with Gasteiger partial charge in [0.25, 0.3) is 0 Å². The molecule has 6 nitrogen and oxygen atoms in total. The molecule has 0 spiro atoms. The highest BCUT2D eigenvalue weighted by Gasteiger charge is 2.15. The number of nitrogens with one attached hydrogen (secondary N) is 2. The third-order valence-corrected chi connectivity index (χ3v) is 3.90. The Morgan fingerprint density at radius 1 is 1.26 bits per heavy atom. The van der Waals surface area contributed by atoms with Crippen LogP contribution in [-0.4, -0.2) is 29.1 Å². The number of rotatable bonds is 5. The molecule has 0 radical (unpaired) electrons. The lowest BCUT2D eigenvalue weighted by molar-refractivity contribution is 0.0601. The minimum absolute atomic E-state index is 0.361. The molecular weight excluding hydrogens is 292 g/mol. The minimum Gasteiger partial charge on any atom is -0.465 e. The molecule has 1 saturated carbocycles. The topological polar surface area (TPSA) is 76.1 Å². The zero-order valence-electron chi connectivity index (χ0n) is 13.1. The van der Waals surface area contributed by atoms with Crippen molar-refractivity contribution in [1.29, 1.82) is 0 Å². The van der Waals surface area contributed by atoms with Crippen LogP contribution in [0.15, 0.2) is 36.5 Å². The van der Waals surface area contributed by atoms with Crippen LogP contribution in [-0.2, 0) is 4.74 Å². The molecule has 1 aromatic carbocycles. The van der Waals surface area contributed by atoms with Crippen LogP contribution in [0.5, 0.6) is 0 Å². The summed E-state index contributed by atoms with van der Waals surface area (Å²) in [6, 6.07) is 9.38. The summed E-state index contributed by atoms with van der Waals surface area (Å²) < 4.78 is 4.73. The summed E-state index contributed by atoms with van der Waals surface area (Å²) in [6.07, 6.45) is 6.58. The van der Waals surface area contributed by atoms with Crippen molar-refractivity contribution >= 4 is 23.4 Å². The van der Waals surface area contributed by atoms with Gasteiger partial charge in [-0.1, -0.05) is 18.9 Å². The van der Waals surface area contributed by atoms with Crippen LogP contribution in [0.25, 0.3) is 0 Å². The Morgan fingerprint density at radius 2 is 2.09 bits per heavy atom. The fraction of sp³-hybridized carbons (Fsp3) is 0.353. The number of carbonyl (C=O) groups excluding carboxylic acids is 1. The third-order valence-electron chi connectivity index (χ3n) is 3.90. The molecule has 23 heavy (non-hydrogen) atoms. The zero-order chi connectivity index (χ0) is 16.1. The van der Waals surface area contributed by atoms with Gasteiger partial charge in [-0.2, -0.15) is 4.98 Å². The SMILES string of the molecule is COC(=O)c1cccc(Nc2ccnc(NC3CCCC3)n2)c1. The number of ether oxygens (including phenoxy) is 1. The van der Waals surface area contributed by atoms with Crippen molar-refractivity contribution < 1.29 is 9.53 Å². The molecule has 0 saturated heterocycles. The first-order valence-corrected chi connectivity index (χ1v) is 7.79. The second kappa shape index (κ2) is 7.09. The number of aromatic nitrogens is 2. The summed E-state index contributed by atoms with van der Waals surface area (Å²) in [4.78, 5) is 20.3. The molecule has 2 N–H and O–H groups in total. The Morgan fingerprint density at radius 3 is 2.87 bits per heavy atom. The Balaban J connectivity index is 1.71. The molecule has 0 atom stereocenters. The van der Waals surface area contributed by atoms with Gasteiger partial charge in [-0.15, -0.1) is 0 Å². The van der Waals surface area contributed by atoms with Gasteiger partial charge >= 0.3 is 5.97 Å². The number of esters is 1. The van der Waals surface area contributed by atoms with E-state index in [9.17, 15) is 4.79 Å². The molecule has 1 heterocycles. The smallest absolute Gasteiger partial charge is 0.337 e. The lowest BCUT2D eigenvalue weighted by Crippen LogP contribution is -2.16. The van der Waals surface area contributed by atoms with E-state index in [0.29, 0.717) is 23.4 Å². The Labute approximate surface area is 135 Å². The maximum absolute atomic E-state index is 11.6. The van der Waals surface area contributed by atoms with Crippen LogP contribution in [0.2, 0.25) is 0 Å². The zero-order valence-corrected chi connectivity index (χ0v) is 13.1. The van der Waals surface area contributed by atoms with Gasteiger partial charge in [-0.3, -0.25) is 0 Å². The van der Waals surface area contributed by atoms with Gasteiger partial charge in [0.05, 0.1) is 12.7 Å². The van der Waals surface area contributed by atoms with Crippen LogP contribution < -0.4 is 10.6 Å². The monoisotopic (exact) mass is 312 g/mol. The molecule has 3 rings (SSSR count). The van der Waals surface area contributed by atoms with Gasteiger partial charge in [0, 0.05) is 17.9 Å². The van der Waals surface area contributed by atoms with E-state index in [-0.39, 0.29) is 5.97 Å². The third kappa shape index (κ3) is 3.97. The van der Waals surface area contributed by atoms with Crippen LogP contribution >= 0.6 is 0 Å². The van der Waals surface area contributed by atoms with E-state index in [2.05, 4.69) is 20.6 Å². The van der Waals surface area contributed by atoms with Crippen LogP contribution in [0.1, 0.15) is 36.0 Å². The van der Waals surface area contributed by atoms with E-state index in [1.807, 2.05) is 6.07 Å². The van der Waals surface area contributed by atoms with E-state index in [1.54, 1.807) is 30.5 Å². The maximum Gasteiger partial charge on any atom is 0.337 e. The number of carbonyl (C=O) groups is 1. The fourth-order valence-electron chi connectivity index (χ4n) is 2.74. The van der Waals surface area contributed by atoms with Gasteiger partial charge in [0.1, 0.15) is 5.82 Å². The Kier molecular flexibility index (Phi) is 4.71. The average Bonchev–Trinajstić information content (AvgIpc) is 3.07. The van der Waals surface area contributed by atoms with E-state index in [1.165, 1.54) is 32.8 Å². The lowest BCUT2D eigenvalue weighted by atomic mass is 10.2. The molecule has 1 fully saturated rings. The normalized spacial score (nSPS) is 14.5.